The maximum atomic E-state index is 11.4. The van der Waals surface area contributed by atoms with E-state index in [0.29, 0.717) is 17.8 Å². The van der Waals surface area contributed by atoms with Gasteiger partial charge in [0.2, 0.25) is 0 Å². The summed E-state index contributed by atoms with van der Waals surface area (Å²) in [5.41, 5.74) is 2.54. The summed E-state index contributed by atoms with van der Waals surface area (Å²) in [6, 6.07) is 20.3. The fourth-order valence-electron chi connectivity index (χ4n) is 2.68. The van der Waals surface area contributed by atoms with E-state index in [2.05, 4.69) is 17.4 Å². The lowest BCUT2D eigenvalue weighted by atomic mass is 10.1. The molecule has 0 saturated heterocycles. The molecule has 6 heteroatoms. The molecule has 6 nitrogen and oxygen atoms in total. The number of para-hydroxylation sites is 1. The van der Waals surface area contributed by atoms with Crippen molar-refractivity contribution in [2.75, 3.05) is 7.05 Å². The van der Waals surface area contributed by atoms with Crippen molar-refractivity contribution in [2.45, 2.75) is 20.0 Å². The van der Waals surface area contributed by atoms with E-state index in [1.165, 1.54) is 18.6 Å². The Balaban J connectivity index is 0.000000244. The monoisotopic (exact) mass is 365 g/mol. The molecule has 3 rings (SSSR count). The summed E-state index contributed by atoms with van der Waals surface area (Å²) in [5.74, 6) is -0.0569. The summed E-state index contributed by atoms with van der Waals surface area (Å²) in [6.07, 6.45) is 1.74. The number of hydrogen-bond acceptors (Lipinski definition) is 4. The van der Waals surface area contributed by atoms with Gasteiger partial charge in [-0.05, 0) is 24.7 Å². The largest absolute Gasteiger partial charge is 0.340 e. The van der Waals surface area contributed by atoms with Crippen molar-refractivity contribution in [2.24, 2.45) is 0 Å². The van der Waals surface area contributed by atoms with Crippen LogP contribution in [0, 0.1) is 10.1 Å². The number of nitrogens with one attached hydrogen (secondary N) is 1. The summed E-state index contributed by atoms with van der Waals surface area (Å²) in [4.78, 5) is 21.9. The lowest BCUT2D eigenvalue weighted by Crippen LogP contribution is -2.08. The second kappa shape index (κ2) is 10.0. The van der Waals surface area contributed by atoms with Crippen LogP contribution < -0.4 is 5.32 Å². The van der Waals surface area contributed by atoms with Gasteiger partial charge in [0.1, 0.15) is 0 Å². The third-order valence-electron chi connectivity index (χ3n) is 3.94. The van der Waals surface area contributed by atoms with Crippen molar-refractivity contribution in [1.82, 2.24) is 9.88 Å². The zero-order valence-electron chi connectivity index (χ0n) is 15.5. The van der Waals surface area contributed by atoms with E-state index < -0.39 is 4.92 Å². The van der Waals surface area contributed by atoms with E-state index >= 15 is 0 Å². The average molecular weight is 365 g/mol. The van der Waals surface area contributed by atoms with Crippen LogP contribution in [0.25, 0.3) is 0 Å². The minimum Gasteiger partial charge on any atom is -0.340 e. The highest BCUT2D eigenvalue weighted by Crippen LogP contribution is 2.19. The van der Waals surface area contributed by atoms with Gasteiger partial charge < -0.3 is 9.88 Å². The Kier molecular flexibility index (Phi) is 7.46. The first-order chi connectivity index (χ1) is 13.0. The van der Waals surface area contributed by atoms with Crippen molar-refractivity contribution in [1.29, 1.82) is 0 Å². The Morgan fingerprint density at radius 3 is 2.33 bits per heavy atom. The zero-order chi connectivity index (χ0) is 19.6. The number of carbonyl (C=O) groups excluding carboxylic acids is 1. The fraction of sp³-hybridized carbons (Fsp3) is 0.190. The van der Waals surface area contributed by atoms with Crippen LogP contribution in [0.1, 0.15) is 28.5 Å². The molecular weight excluding hydrogens is 342 g/mol. The second-order valence-electron chi connectivity index (χ2n) is 5.98. The van der Waals surface area contributed by atoms with Crippen molar-refractivity contribution in [3.8, 4) is 0 Å². The summed E-state index contributed by atoms with van der Waals surface area (Å²) in [5, 5.41) is 14.0. The van der Waals surface area contributed by atoms with E-state index in [4.69, 9.17) is 0 Å². The molecule has 0 aliphatic carbocycles. The number of hydrogen-bond donors (Lipinski definition) is 1. The third-order valence-corrected chi connectivity index (χ3v) is 3.94. The fourth-order valence-corrected chi connectivity index (χ4v) is 2.68. The van der Waals surface area contributed by atoms with Gasteiger partial charge in [0, 0.05) is 31.3 Å². The van der Waals surface area contributed by atoms with Gasteiger partial charge in [-0.15, -0.1) is 0 Å². The van der Waals surface area contributed by atoms with Crippen LogP contribution in [0.15, 0.2) is 72.9 Å². The van der Waals surface area contributed by atoms with Gasteiger partial charge in [-0.25, -0.2) is 0 Å². The molecule has 0 atom stereocenters. The SMILES string of the molecule is CC(=O)c1cccn1Cc1ccccc1[N+](=O)[O-].CNCc1ccccc1. The Bertz CT molecular complexity index is 888. The van der Waals surface area contributed by atoms with Crippen molar-refractivity contribution in [3.63, 3.8) is 0 Å². The molecule has 0 amide bonds. The van der Waals surface area contributed by atoms with Gasteiger partial charge in [-0.1, -0.05) is 48.5 Å². The first-order valence-corrected chi connectivity index (χ1v) is 8.59. The highest BCUT2D eigenvalue weighted by Gasteiger charge is 2.14. The number of nitro groups is 1. The molecule has 27 heavy (non-hydrogen) atoms. The number of aromatic nitrogens is 1. The Labute approximate surface area is 158 Å². The van der Waals surface area contributed by atoms with Crippen molar-refractivity contribution >= 4 is 11.5 Å². The molecule has 0 saturated carbocycles. The number of benzene rings is 2. The summed E-state index contributed by atoms with van der Waals surface area (Å²) in [6.45, 7) is 2.76. The van der Waals surface area contributed by atoms with E-state index in [9.17, 15) is 14.9 Å². The standard InChI is InChI=1S/C13H12N2O3.C8H11N/c1-10(16)12-7-4-8-14(12)9-11-5-2-3-6-13(11)15(17)18;1-9-7-8-5-3-2-4-6-8/h2-8H,9H2,1H3;2-6,9H,7H2,1H3. The summed E-state index contributed by atoms with van der Waals surface area (Å²) >= 11 is 0. The first kappa shape index (κ1) is 20.1. The molecule has 0 aliphatic rings. The molecule has 0 bridgehead atoms. The summed E-state index contributed by atoms with van der Waals surface area (Å²) < 4.78 is 1.71. The van der Waals surface area contributed by atoms with Gasteiger partial charge in [-0.3, -0.25) is 14.9 Å². The predicted octanol–water partition coefficient (Wildman–Crippen LogP) is 4.05. The molecular formula is C21H23N3O3. The average Bonchev–Trinajstić information content (AvgIpc) is 3.12. The minimum absolute atomic E-state index is 0.0569. The molecule has 0 spiro atoms. The number of ketones is 1. The Morgan fingerprint density at radius 2 is 1.70 bits per heavy atom. The van der Waals surface area contributed by atoms with E-state index in [0.717, 1.165) is 6.54 Å². The van der Waals surface area contributed by atoms with Crippen LogP contribution in [0.3, 0.4) is 0 Å². The topological polar surface area (TPSA) is 77.2 Å². The Morgan fingerprint density at radius 1 is 1.04 bits per heavy atom. The predicted molar refractivity (Wildman–Crippen MR) is 106 cm³/mol. The molecule has 0 radical (unpaired) electrons. The van der Waals surface area contributed by atoms with Crippen LogP contribution in [0.2, 0.25) is 0 Å². The number of nitro benzene ring substituents is 1. The number of nitrogens with zero attached hydrogens (tertiary/aromatic N) is 2. The first-order valence-electron chi connectivity index (χ1n) is 8.59. The Hall–Kier alpha value is -3.25. The third kappa shape index (κ3) is 5.90. The molecule has 0 aliphatic heterocycles. The van der Waals surface area contributed by atoms with Gasteiger partial charge in [0.15, 0.2) is 5.78 Å². The molecule has 0 unspecified atom stereocenters. The molecule has 1 heterocycles. The highest BCUT2D eigenvalue weighted by molar-refractivity contribution is 5.92. The van der Waals surface area contributed by atoms with Crippen LogP contribution in [0.4, 0.5) is 5.69 Å². The zero-order valence-corrected chi connectivity index (χ0v) is 15.5. The van der Waals surface area contributed by atoms with Crippen LogP contribution in [-0.4, -0.2) is 22.3 Å². The highest BCUT2D eigenvalue weighted by atomic mass is 16.6. The molecule has 1 aromatic heterocycles. The van der Waals surface area contributed by atoms with Crippen LogP contribution >= 0.6 is 0 Å². The van der Waals surface area contributed by atoms with Gasteiger partial charge in [0.25, 0.3) is 5.69 Å². The maximum absolute atomic E-state index is 11.4. The van der Waals surface area contributed by atoms with E-state index in [1.807, 2.05) is 25.2 Å². The van der Waals surface area contributed by atoms with Gasteiger partial charge in [0.05, 0.1) is 17.2 Å². The molecule has 3 aromatic rings. The maximum Gasteiger partial charge on any atom is 0.274 e. The summed E-state index contributed by atoms with van der Waals surface area (Å²) in [7, 11) is 1.95. The molecule has 1 N–H and O–H groups in total. The molecule has 0 fully saturated rings. The number of Topliss-reactive ketones (excluding diaryl/α,β-unsaturated/α-hetero) is 1. The quantitative estimate of drug-likeness (QED) is 0.406. The number of rotatable bonds is 6. The van der Waals surface area contributed by atoms with Crippen LogP contribution in [-0.2, 0) is 13.1 Å². The van der Waals surface area contributed by atoms with Crippen molar-refractivity contribution < 1.29 is 9.72 Å². The molecule has 2 aromatic carbocycles. The molecule has 140 valence electrons. The van der Waals surface area contributed by atoms with Gasteiger partial charge >= 0.3 is 0 Å². The lowest BCUT2D eigenvalue weighted by molar-refractivity contribution is -0.385. The van der Waals surface area contributed by atoms with E-state index in [1.54, 1.807) is 41.1 Å². The lowest BCUT2D eigenvalue weighted by Gasteiger charge is -2.07. The van der Waals surface area contributed by atoms with E-state index in [-0.39, 0.29) is 11.5 Å². The van der Waals surface area contributed by atoms with Crippen LogP contribution in [0.5, 0.6) is 0 Å². The number of carbonyl (C=O) groups is 1. The second-order valence-corrected chi connectivity index (χ2v) is 5.98. The van der Waals surface area contributed by atoms with Gasteiger partial charge in [-0.2, -0.15) is 0 Å². The normalized spacial score (nSPS) is 10.0. The smallest absolute Gasteiger partial charge is 0.274 e. The van der Waals surface area contributed by atoms with Crippen molar-refractivity contribution in [3.05, 3.63) is 99.9 Å². The minimum atomic E-state index is -0.410.